The van der Waals surface area contributed by atoms with Gasteiger partial charge in [0.1, 0.15) is 17.8 Å². The van der Waals surface area contributed by atoms with Crippen LogP contribution in [-0.2, 0) is 42.7 Å². The summed E-state index contributed by atoms with van der Waals surface area (Å²) in [7, 11) is -4.75. The monoisotopic (exact) mass is 708 g/mol. The number of hydrogen-bond donors (Lipinski definition) is 4. The van der Waals surface area contributed by atoms with Gasteiger partial charge in [0, 0.05) is 31.8 Å². The number of aliphatic hydroxyl groups is 2. The average Bonchev–Trinajstić information content (AvgIpc) is 3.70. The Labute approximate surface area is 289 Å². The van der Waals surface area contributed by atoms with Gasteiger partial charge in [-0.15, -0.1) is 5.10 Å². The van der Waals surface area contributed by atoms with Crippen molar-refractivity contribution in [3.8, 4) is 11.1 Å². The third kappa shape index (κ3) is 10.6. The molecule has 0 aliphatic carbocycles. The molecule has 3 heterocycles. The number of unbranched alkanes of at least 4 members (excludes halogenated alkanes) is 1. The number of phosphoric ester groups is 1. The number of carbonyl (C=O) groups excluding carboxylic acids is 2. The molecular weight excluding hydrogens is 667 g/mol. The van der Waals surface area contributed by atoms with Gasteiger partial charge in [0.2, 0.25) is 5.91 Å². The summed E-state index contributed by atoms with van der Waals surface area (Å²) in [4.78, 5) is 36.1. The van der Waals surface area contributed by atoms with Crippen LogP contribution in [0, 0.1) is 0 Å². The van der Waals surface area contributed by atoms with Gasteiger partial charge in [0.05, 0.1) is 18.9 Å². The SMILES string of the molecule is NC(=O)c1ccc[n+]([C@@H]2O[C@H](COP(=O)([O-])OCCCc3cn(CCCCC(=O)NCc4ccc(-c5ccccc5)cc4)nn3)[C@@H](O)[C@H]2O)c1. The second kappa shape index (κ2) is 17.5. The Morgan fingerprint density at radius 3 is 2.52 bits per heavy atom. The zero-order chi connectivity index (χ0) is 35.5. The molecule has 2 aromatic heterocycles. The van der Waals surface area contributed by atoms with Crippen LogP contribution in [0.5, 0.6) is 0 Å². The first-order valence-corrected chi connectivity index (χ1v) is 17.8. The molecule has 1 fully saturated rings. The number of amides is 2. The Morgan fingerprint density at radius 2 is 1.76 bits per heavy atom. The van der Waals surface area contributed by atoms with Gasteiger partial charge in [-0.1, -0.05) is 59.8 Å². The molecule has 1 aliphatic rings. The highest BCUT2D eigenvalue weighted by Crippen LogP contribution is 2.40. The third-order valence-corrected chi connectivity index (χ3v) is 9.10. The molecule has 2 amide bonds. The topological polar surface area (TPSA) is 215 Å². The van der Waals surface area contributed by atoms with E-state index in [1.165, 1.54) is 29.1 Å². The number of aliphatic hydroxyl groups excluding tert-OH is 2. The van der Waals surface area contributed by atoms with Crippen molar-refractivity contribution in [2.45, 2.75) is 69.7 Å². The molecule has 16 heteroatoms. The van der Waals surface area contributed by atoms with E-state index in [-0.39, 0.29) is 18.1 Å². The van der Waals surface area contributed by atoms with Gasteiger partial charge >= 0.3 is 0 Å². The van der Waals surface area contributed by atoms with Crippen molar-refractivity contribution >= 4 is 19.6 Å². The molecule has 15 nitrogen and oxygen atoms in total. The van der Waals surface area contributed by atoms with E-state index in [1.807, 2.05) is 42.5 Å². The van der Waals surface area contributed by atoms with Crippen LogP contribution in [0.15, 0.2) is 85.3 Å². The standard InChI is InChI=1S/C34H41N6O9P/c35-33(44)27-10-6-17-39(21-27)34-32(43)31(42)29(49-34)23-48-50(45,46)47-19-7-11-28-22-40(38-37-28)18-5-4-12-30(41)36-20-24-13-15-26(16-14-24)25-8-2-1-3-9-25/h1-3,6,8-10,13-17,21-22,29,31-32,34,42-43H,4-5,7,11-12,18-20,23H2,(H3-,35,36,41,44,45,46)/t29-,31-,32-,34-/m1/s1. The van der Waals surface area contributed by atoms with Gasteiger partial charge in [0.15, 0.2) is 18.5 Å². The molecule has 4 aromatic rings. The van der Waals surface area contributed by atoms with E-state index < -0.39 is 44.9 Å². The van der Waals surface area contributed by atoms with Crippen LogP contribution in [0.2, 0.25) is 0 Å². The zero-order valence-electron chi connectivity index (χ0n) is 27.3. The Balaban J connectivity index is 0.937. The molecule has 1 saturated heterocycles. The van der Waals surface area contributed by atoms with Crippen LogP contribution in [0.4, 0.5) is 0 Å². The molecule has 1 aliphatic heterocycles. The maximum absolute atomic E-state index is 12.3. The highest BCUT2D eigenvalue weighted by atomic mass is 31.2. The molecular formula is C34H41N6O9P. The zero-order valence-corrected chi connectivity index (χ0v) is 28.2. The van der Waals surface area contributed by atoms with Crippen molar-refractivity contribution in [1.82, 2.24) is 20.3 Å². The predicted octanol–water partition coefficient (Wildman–Crippen LogP) is 1.57. The van der Waals surface area contributed by atoms with Crippen molar-refractivity contribution in [1.29, 1.82) is 0 Å². The minimum Gasteiger partial charge on any atom is -0.756 e. The van der Waals surface area contributed by atoms with Crippen LogP contribution in [0.25, 0.3) is 11.1 Å². The quantitative estimate of drug-likeness (QED) is 0.0661. The van der Waals surface area contributed by atoms with E-state index in [2.05, 4.69) is 27.8 Å². The van der Waals surface area contributed by atoms with E-state index in [0.29, 0.717) is 44.5 Å². The smallest absolute Gasteiger partial charge is 0.292 e. The number of benzene rings is 2. The number of ether oxygens (including phenoxy) is 1. The summed E-state index contributed by atoms with van der Waals surface area (Å²) in [5, 5.41) is 32.0. The lowest BCUT2D eigenvalue weighted by atomic mass is 10.0. The highest BCUT2D eigenvalue weighted by molar-refractivity contribution is 7.45. The van der Waals surface area contributed by atoms with Crippen LogP contribution in [0.3, 0.4) is 0 Å². The van der Waals surface area contributed by atoms with Crippen molar-refractivity contribution in [2.75, 3.05) is 13.2 Å². The fraction of sp³-hybridized carbons (Fsp3) is 0.382. The van der Waals surface area contributed by atoms with Crippen LogP contribution in [-0.4, -0.2) is 68.5 Å². The minimum absolute atomic E-state index is 0.0175. The first-order chi connectivity index (χ1) is 24.1. The fourth-order valence-corrected chi connectivity index (χ4v) is 6.15. The Morgan fingerprint density at radius 1 is 1.00 bits per heavy atom. The maximum atomic E-state index is 12.3. The second-order valence-electron chi connectivity index (χ2n) is 11.9. The number of aryl methyl sites for hydroxylation is 2. The number of nitrogens with zero attached hydrogens (tertiary/aromatic N) is 4. The molecule has 2 aromatic carbocycles. The fourth-order valence-electron chi connectivity index (χ4n) is 5.40. The van der Waals surface area contributed by atoms with Crippen molar-refractivity contribution in [3.63, 3.8) is 0 Å². The molecule has 266 valence electrons. The second-order valence-corrected chi connectivity index (χ2v) is 13.3. The number of aromatic nitrogens is 4. The summed E-state index contributed by atoms with van der Waals surface area (Å²) in [6.45, 7) is 0.288. The first-order valence-electron chi connectivity index (χ1n) is 16.3. The van der Waals surface area contributed by atoms with Gasteiger partial charge < -0.3 is 39.9 Å². The van der Waals surface area contributed by atoms with Crippen LogP contribution < -0.4 is 20.5 Å². The highest BCUT2D eigenvalue weighted by Gasteiger charge is 2.48. The Bertz CT molecular complexity index is 1760. The number of nitrogens with one attached hydrogen (secondary N) is 1. The van der Waals surface area contributed by atoms with Crippen molar-refractivity contribution in [3.05, 3.63) is 102 Å². The van der Waals surface area contributed by atoms with E-state index in [9.17, 15) is 29.3 Å². The van der Waals surface area contributed by atoms with Crippen LogP contribution >= 0.6 is 7.82 Å². The van der Waals surface area contributed by atoms with Gasteiger partial charge in [-0.2, -0.15) is 4.57 Å². The Hall–Kier alpha value is -4.34. The molecule has 0 saturated carbocycles. The number of hydrogen-bond acceptors (Lipinski definition) is 11. The predicted molar refractivity (Wildman–Crippen MR) is 177 cm³/mol. The minimum atomic E-state index is -4.75. The first kappa shape index (κ1) is 36.9. The maximum Gasteiger partial charge on any atom is 0.292 e. The summed E-state index contributed by atoms with van der Waals surface area (Å²) in [5.74, 6) is -0.705. The van der Waals surface area contributed by atoms with Gasteiger partial charge in [-0.25, -0.2) is 0 Å². The van der Waals surface area contributed by atoms with E-state index in [1.54, 1.807) is 10.9 Å². The van der Waals surface area contributed by atoms with Gasteiger partial charge in [0.25, 0.3) is 20.0 Å². The third-order valence-electron chi connectivity index (χ3n) is 8.14. The number of rotatable bonds is 18. The van der Waals surface area contributed by atoms with Crippen molar-refractivity contribution in [2.24, 2.45) is 5.73 Å². The summed E-state index contributed by atoms with van der Waals surface area (Å²) >= 11 is 0. The summed E-state index contributed by atoms with van der Waals surface area (Å²) in [5.41, 5.74) is 9.41. The number of nitrogens with two attached hydrogens (primary N) is 1. The molecule has 1 unspecified atom stereocenters. The van der Waals surface area contributed by atoms with Crippen molar-refractivity contribution < 1.29 is 47.6 Å². The van der Waals surface area contributed by atoms with E-state index in [4.69, 9.17) is 19.5 Å². The molecule has 0 spiro atoms. The Kier molecular flexibility index (Phi) is 13.0. The molecule has 50 heavy (non-hydrogen) atoms. The lowest BCUT2D eigenvalue weighted by molar-refractivity contribution is -0.765. The molecule has 0 radical (unpaired) electrons. The molecule has 5 N–H and O–H groups in total. The lowest BCUT2D eigenvalue weighted by Crippen LogP contribution is -2.46. The number of primary amides is 1. The normalized spacial score (nSPS) is 20.0. The van der Waals surface area contributed by atoms with E-state index in [0.717, 1.165) is 23.1 Å². The van der Waals surface area contributed by atoms with Gasteiger partial charge in [-0.05, 0) is 48.4 Å². The number of pyridine rings is 1. The number of phosphoric acid groups is 1. The molecule has 5 rings (SSSR count). The van der Waals surface area contributed by atoms with Crippen LogP contribution in [0.1, 0.15) is 53.5 Å². The summed E-state index contributed by atoms with van der Waals surface area (Å²) < 4.78 is 30.8. The average molecular weight is 709 g/mol. The lowest BCUT2D eigenvalue weighted by Gasteiger charge is -2.24. The summed E-state index contributed by atoms with van der Waals surface area (Å²) in [6.07, 6.45) is 2.01. The number of carbonyl (C=O) groups is 2. The molecule has 0 bridgehead atoms. The molecule has 5 atom stereocenters. The summed E-state index contributed by atoms with van der Waals surface area (Å²) in [6, 6.07) is 21.2. The largest absolute Gasteiger partial charge is 0.756 e. The van der Waals surface area contributed by atoms with Gasteiger partial charge in [-0.3, -0.25) is 18.8 Å². The van der Waals surface area contributed by atoms with E-state index >= 15 is 0 Å².